The maximum absolute atomic E-state index is 10.7. The second-order valence-electron chi connectivity index (χ2n) is 3.17. The van der Waals surface area contributed by atoms with Gasteiger partial charge in [-0.05, 0) is 6.07 Å². The second-order valence-corrected chi connectivity index (χ2v) is 3.17. The van der Waals surface area contributed by atoms with E-state index in [9.17, 15) is 20.0 Å². The van der Waals surface area contributed by atoms with Crippen LogP contribution < -0.4 is 4.74 Å². The number of hydrogen-bond donors (Lipinski definition) is 1. The van der Waals surface area contributed by atoms with Crippen LogP contribution in [0.25, 0.3) is 0 Å². The van der Waals surface area contributed by atoms with Crippen LogP contribution >= 0.6 is 0 Å². The Kier molecular flexibility index (Phi) is 4.19. The van der Waals surface area contributed by atoms with E-state index in [1.165, 1.54) is 13.2 Å². The molecular formula is C10H10N2O6. The van der Waals surface area contributed by atoms with E-state index in [-0.39, 0.29) is 11.3 Å². The Morgan fingerprint density at radius 1 is 1.56 bits per heavy atom. The molecule has 0 aliphatic heterocycles. The minimum Gasteiger partial charge on any atom is -0.500 e. The van der Waals surface area contributed by atoms with Gasteiger partial charge >= 0.3 is 11.7 Å². The van der Waals surface area contributed by atoms with Gasteiger partial charge in [-0.1, -0.05) is 5.16 Å². The van der Waals surface area contributed by atoms with E-state index >= 15 is 0 Å². The maximum atomic E-state index is 10.7. The molecule has 0 aliphatic carbocycles. The van der Waals surface area contributed by atoms with Crippen LogP contribution in [0.3, 0.4) is 0 Å². The molecule has 1 aromatic rings. The molecule has 0 spiro atoms. The molecule has 0 bridgehead atoms. The Morgan fingerprint density at radius 2 is 2.22 bits per heavy atom. The molecular weight excluding hydrogens is 244 g/mol. The lowest BCUT2D eigenvalue weighted by Gasteiger charge is -2.04. The third-order valence-electron chi connectivity index (χ3n) is 1.88. The fraction of sp³-hybridized carbons (Fsp3) is 0.200. The number of oxime groups is 1. The number of phenolic OH excluding ortho intramolecular Hbond substituents is 1. The van der Waals surface area contributed by atoms with Crippen LogP contribution in [0.15, 0.2) is 17.3 Å². The molecule has 0 saturated heterocycles. The van der Waals surface area contributed by atoms with E-state index in [1.807, 2.05) is 0 Å². The third kappa shape index (κ3) is 3.17. The SMILES string of the molecule is COc1cc(/C=N/OC(C)=O)cc([N+](=O)[O-])c1O. The highest BCUT2D eigenvalue weighted by Crippen LogP contribution is 2.36. The number of benzene rings is 1. The minimum atomic E-state index is -0.763. The predicted molar refractivity (Wildman–Crippen MR) is 60.7 cm³/mol. The quantitative estimate of drug-likeness (QED) is 0.374. The summed E-state index contributed by atoms with van der Waals surface area (Å²) in [5, 5.41) is 23.5. The number of ether oxygens (including phenoxy) is 1. The van der Waals surface area contributed by atoms with Gasteiger partial charge in [0.1, 0.15) is 0 Å². The van der Waals surface area contributed by atoms with E-state index in [1.54, 1.807) is 0 Å². The molecule has 0 amide bonds. The van der Waals surface area contributed by atoms with Gasteiger partial charge in [0.15, 0.2) is 5.75 Å². The van der Waals surface area contributed by atoms with Crippen LogP contribution in [0.1, 0.15) is 12.5 Å². The highest BCUT2D eigenvalue weighted by atomic mass is 16.7. The molecule has 0 aliphatic rings. The van der Waals surface area contributed by atoms with Crippen LogP contribution in [-0.2, 0) is 9.63 Å². The van der Waals surface area contributed by atoms with Gasteiger partial charge in [0.2, 0.25) is 5.75 Å². The number of methoxy groups -OCH3 is 1. The summed E-state index contributed by atoms with van der Waals surface area (Å²) in [6.45, 7) is 1.16. The van der Waals surface area contributed by atoms with Crippen molar-refractivity contribution in [3.8, 4) is 11.5 Å². The van der Waals surface area contributed by atoms with E-state index < -0.39 is 22.3 Å². The molecule has 96 valence electrons. The fourth-order valence-electron chi connectivity index (χ4n) is 1.14. The van der Waals surface area contributed by atoms with Crippen molar-refractivity contribution in [1.29, 1.82) is 0 Å². The zero-order valence-corrected chi connectivity index (χ0v) is 9.61. The van der Waals surface area contributed by atoms with Crippen molar-refractivity contribution >= 4 is 17.9 Å². The van der Waals surface area contributed by atoms with E-state index in [0.29, 0.717) is 0 Å². The molecule has 0 unspecified atom stereocenters. The van der Waals surface area contributed by atoms with Gasteiger partial charge in [0.25, 0.3) is 0 Å². The Morgan fingerprint density at radius 3 is 2.72 bits per heavy atom. The van der Waals surface area contributed by atoms with Gasteiger partial charge in [-0.25, -0.2) is 4.79 Å². The highest BCUT2D eigenvalue weighted by molar-refractivity contribution is 5.83. The number of nitrogens with zero attached hydrogens (tertiary/aromatic N) is 2. The van der Waals surface area contributed by atoms with Crippen molar-refractivity contribution in [3.63, 3.8) is 0 Å². The number of carbonyl (C=O) groups is 1. The van der Waals surface area contributed by atoms with Crippen LogP contribution in [-0.4, -0.2) is 29.3 Å². The zero-order chi connectivity index (χ0) is 13.7. The van der Waals surface area contributed by atoms with E-state index in [2.05, 4.69) is 9.99 Å². The number of carbonyl (C=O) groups excluding carboxylic acids is 1. The summed E-state index contributed by atoms with van der Waals surface area (Å²) >= 11 is 0. The van der Waals surface area contributed by atoms with Crippen molar-refractivity contribution in [2.24, 2.45) is 5.16 Å². The second kappa shape index (κ2) is 5.62. The topological polar surface area (TPSA) is 111 Å². The molecule has 1 N–H and O–H groups in total. The van der Waals surface area contributed by atoms with Crippen LogP contribution in [0, 0.1) is 10.1 Å². The van der Waals surface area contributed by atoms with Gasteiger partial charge in [0, 0.05) is 18.6 Å². The van der Waals surface area contributed by atoms with Crippen LogP contribution in [0.5, 0.6) is 11.5 Å². The standard InChI is InChI=1S/C10H10N2O6/c1-6(13)18-11-5-7-3-8(12(15)16)10(14)9(4-7)17-2/h3-5,14H,1-2H3/b11-5+. The smallest absolute Gasteiger partial charge is 0.331 e. The van der Waals surface area contributed by atoms with E-state index in [4.69, 9.17) is 4.74 Å². The average molecular weight is 254 g/mol. The maximum Gasteiger partial charge on any atom is 0.331 e. The first-order chi connectivity index (χ1) is 8.45. The summed E-state index contributed by atoms with van der Waals surface area (Å²) in [7, 11) is 1.26. The van der Waals surface area contributed by atoms with Gasteiger partial charge in [-0.15, -0.1) is 0 Å². The summed E-state index contributed by atoms with van der Waals surface area (Å²) in [6, 6.07) is 2.39. The Bertz CT molecular complexity index is 511. The highest BCUT2D eigenvalue weighted by Gasteiger charge is 2.19. The van der Waals surface area contributed by atoms with Gasteiger partial charge in [-0.3, -0.25) is 10.1 Å². The van der Waals surface area contributed by atoms with E-state index in [0.717, 1.165) is 19.2 Å². The van der Waals surface area contributed by atoms with Crippen molar-refractivity contribution in [2.45, 2.75) is 6.92 Å². The Balaban J connectivity index is 3.13. The van der Waals surface area contributed by atoms with Gasteiger partial charge in [0.05, 0.1) is 18.2 Å². The summed E-state index contributed by atoms with van der Waals surface area (Å²) in [4.78, 5) is 24.7. The molecule has 1 rings (SSSR count). The van der Waals surface area contributed by atoms with Crippen LogP contribution in [0.2, 0.25) is 0 Å². The summed E-state index contributed by atoms with van der Waals surface area (Å²) in [5.74, 6) is -1.27. The number of hydrogen-bond acceptors (Lipinski definition) is 7. The number of aromatic hydroxyl groups is 1. The number of phenols is 1. The number of rotatable bonds is 4. The lowest BCUT2D eigenvalue weighted by atomic mass is 10.2. The first kappa shape index (κ1) is 13.4. The molecule has 1 aromatic carbocycles. The summed E-state index contributed by atoms with van der Waals surface area (Å²) < 4.78 is 4.78. The molecule has 0 saturated carbocycles. The monoisotopic (exact) mass is 254 g/mol. The lowest BCUT2D eigenvalue weighted by molar-refractivity contribution is -0.386. The van der Waals surface area contributed by atoms with Crippen molar-refractivity contribution < 1.29 is 24.4 Å². The molecule has 0 fully saturated rings. The lowest BCUT2D eigenvalue weighted by Crippen LogP contribution is -1.96. The molecule has 18 heavy (non-hydrogen) atoms. The summed E-state index contributed by atoms with van der Waals surface area (Å²) in [5.41, 5.74) is -0.281. The van der Waals surface area contributed by atoms with Crippen molar-refractivity contribution in [3.05, 3.63) is 27.8 Å². The summed E-state index contributed by atoms with van der Waals surface area (Å²) in [6.07, 6.45) is 1.09. The first-order valence-electron chi connectivity index (χ1n) is 4.72. The number of nitro benzene ring substituents is 1. The predicted octanol–water partition coefficient (Wildman–Crippen LogP) is 1.21. The fourth-order valence-corrected chi connectivity index (χ4v) is 1.14. The third-order valence-corrected chi connectivity index (χ3v) is 1.88. The molecule has 0 heterocycles. The van der Waals surface area contributed by atoms with Crippen molar-refractivity contribution in [2.75, 3.05) is 7.11 Å². The Labute approximate surface area is 102 Å². The molecule has 0 aromatic heterocycles. The normalized spacial score (nSPS) is 10.3. The first-order valence-corrected chi connectivity index (χ1v) is 4.72. The molecule has 8 heteroatoms. The molecule has 0 radical (unpaired) electrons. The minimum absolute atomic E-state index is 0.0755. The van der Waals surface area contributed by atoms with Gasteiger partial charge in [-0.2, -0.15) is 0 Å². The average Bonchev–Trinajstić information content (AvgIpc) is 2.30. The van der Waals surface area contributed by atoms with Gasteiger partial charge < -0.3 is 14.7 Å². The van der Waals surface area contributed by atoms with Crippen LogP contribution in [0.4, 0.5) is 5.69 Å². The number of nitro groups is 1. The van der Waals surface area contributed by atoms with Crippen molar-refractivity contribution in [1.82, 2.24) is 0 Å². The zero-order valence-electron chi connectivity index (χ0n) is 9.61. The molecule has 0 atom stereocenters. The largest absolute Gasteiger partial charge is 0.500 e. The Hall–Kier alpha value is -2.64. The molecule has 8 nitrogen and oxygen atoms in total.